The van der Waals surface area contributed by atoms with Crippen LogP contribution in [0.5, 0.6) is 0 Å². The number of H-pyrrole nitrogens is 1. The molecule has 22 heavy (non-hydrogen) atoms. The van der Waals surface area contributed by atoms with Crippen LogP contribution in [0.4, 0.5) is 4.39 Å². The van der Waals surface area contributed by atoms with E-state index in [1.54, 1.807) is 6.07 Å². The van der Waals surface area contributed by atoms with Crippen LogP contribution < -0.4 is 10.6 Å². The first-order chi connectivity index (χ1) is 10.5. The third kappa shape index (κ3) is 1.94. The van der Waals surface area contributed by atoms with Gasteiger partial charge in [0.05, 0.1) is 11.2 Å². The van der Waals surface area contributed by atoms with Crippen molar-refractivity contribution < 1.29 is 9.18 Å². The minimum atomic E-state index is -0.621. The van der Waals surface area contributed by atoms with Gasteiger partial charge >= 0.3 is 0 Å². The van der Waals surface area contributed by atoms with Crippen molar-refractivity contribution in [3.05, 3.63) is 29.7 Å². The molecule has 1 saturated heterocycles. The number of para-hydroxylation sites is 1. The molecule has 5 nitrogen and oxygen atoms in total. The molecular weight excluding hydrogens is 283 g/mol. The van der Waals surface area contributed by atoms with Gasteiger partial charge in [-0.15, -0.1) is 0 Å². The second kappa shape index (κ2) is 4.52. The molecule has 3 atom stereocenters. The first-order valence-corrected chi connectivity index (χ1v) is 7.65. The van der Waals surface area contributed by atoms with Gasteiger partial charge in [-0.1, -0.05) is 12.1 Å². The molecule has 1 aromatic heterocycles. The summed E-state index contributed by atoms with van der Waals surface area (Å²) in [6, 6.07) is 4.86. The van der Waals surface area contributed by atoms with Crippen molar-refractivity contribution in [3.8, 4) is 0 Å². The highest BCUT2D eigenvalue weighted by molar-refractivity contribution is 5.86. The highest BCUT2D eigenvalue weighted by Crippen LogP contribution is 2.49. The first-order valence-electron chi connectivity index (χ1n) is 7.65. The van der Waals surface area contributed by atoms with E-state index in [0.29, 0.717) is 22.7 Å². The number of nitrogens with one attached hydrogen (secondary N) is 3. The van der Waals surface area contributed by atoms with Crippen LogP contribution in [0.1, 0.15) is 19.5 Å². The number of carbonyl (C=O) groups is 1. The van der Waals surface area contributed by atoms with E-state index in [1.807, 2.05) is 19.9 Å². The second-order valence-corrected chi connectivity index (χ2v) is 6.86. The van der Waals surface area contributed by atoms with E-state index >= 15 is 0 Å². The predicted octanol–water partition coefficient (Wildman–Crippen LogP) is 1.52. The number of hydrogen-bond donors (Lipinski definition) is 3. The topological polar surface area (TPSA) is 69.8 Å². The van der Waals surface area contributed by atoms with Gasteiger partial charge in [0.1, 0.15) is 5.52 Å². The normalized spacial score (nSPS) is 27.0. The summed E-state index contributed by atoms with van der Waals surface area (Å²) in [7, 11) is 0. The molecule has 1 saturated carbocycles. The fourth-order valence-electron chi connectivity index (χ4n) is 3.74. The first kappa shape index (κ1) is 13.7. The predicted molar refractivity (Wildman–Crippen MR) is 80.6 cm³/mol. The van der Waals surface area contributed by atoms with Crippen LogP contribution in [0.15, 0.2) is 18.2 Å². The third-order valence-corrected chi connectivity index (χ3v) is 4.99. The van der Waals surface area contributed by atoms with Gasteiger partial charge in [-0.3, -0.25) is 9.89 Å². The lowest BCUT2D eigenvalue weighted by molar-refractivity contribution is -0.124. The Balaban J connectivity index is 1.59. The number of rotatable bonds is 3. The zero-order valence-electron chi connectivity index (χ0n) is 12.6. The molecular formula is C16H19FN4O. The third-order valence-electron chi connectivity index (χ3n) is 4.99. The molecule has 0 radical (unpaired) electrons. The molecule has 1 aromatic carbocycles. The van der Waals surface area contributed by atoms with Crippen molar-refractivity contribution in [3.63, 3.8) is 0 Å². The van der Waals surface area contributed by atoms with Crippen molar-refractivity contribution in [1.82, 2.24) is 20.8 Å². The number of piperidine rings is 1. The Hall–Kier alpha value is -1.95. The number of benzene rings is 1. The number of aromatic nitrogens is 2. The maximum absolute atomic E-state index is 13.8. The van der Waals surface area contributed by atoms with Crippen molar-refractivity contribution in [2.24, 2.45) is 17.8 Å². The van der Waals surface area contributed by atoms with Gasteiger partial charge in [-0.25, -0.2) is 4.39 Å². The van der Waals surface area contributed by atoms with Gasteiger partial charge in [0.25, 0.3) is 0 Å². The lowest BCUT2D eigenvalue weighted by atomic mass is 9.96. The van der Waals surface area contributed by atoms with E-state index in [9.17, 15) is 9.18 Å². The monoisotopic (exact) mass is 302 g/mol. The van der Waals surface area contributed by atoms with Crippen LogP contribution in [-0.4, -0.2) is 29.2 Å². The Bertz CT molecular complexity index is 744. The summed E-state index contributed by atoms with van der Waals surface area (Å²) in [5, 5.41) is 14.0. The molecule has 1 aliphatic heterocycles. The van der Waals surface area contributed by atoms with Crippen LogP contribution in [-0.2, 0) is 10.3 Å². The summed E-state index contributed by atoms with van der Waals surface area (Å²) in [5.41, 5.74) is 0.427. The molecule has 3 N–H and O–H groups in total. The highest BCUT2D eigenvalue weighted by Gasteiger charge is 2.57. The average molecular weight is 302 g/mol. The SMILES string of the molecule is CC(C)(NC(=O)C1[C@H]2CNC[C@@H]12)c1[nH]nc2c(F)cccc12. The zero-order chi connectivity index (χ0) is 15.5. The molecule has 1 aliphatic carbocycles. The molecule has 2 heterocycles. The Labute approximate surface area is 127 Å². The summed E-state index contributed by atoms with van der Waals surface area (Å²) < 4.78 is 13.8. The molecule has 116 valence electrons. The number of aromatic amines is 1. The number of halogens is 1. The Morgan fingerprint density at radius 2 is 2.09 bits per heavy atom. The van der Waals surface area contributed by atoms with E-state index in [-0.39, 0.29) is 17.6 Å². The zero-order valence-corrected chi connectivity index (χ0v) is 12.6. The number of hydrogen-bond acceptors (Lipinski definition) is 3. The quantitative estimate of drug-likeness (QED) is 0.805. The van der Waals surface area contributed by atoms with E-state index in [2.05, 4.69) is 20.8 Å². The fraction of sp³-hybridized carbons (Fsp3) is 0.500. The van der Waals surface area contributed by atoms with Crippen LogP contribution >= 0.6 is 0 Å². The maximum Gasteiger partial charge on any atom is 0.224 e. The molecule has 6 heteroatoms. The lowest BCUT2D eigenvalue weighted by Crippen LogP contribution is -2.43. The maximum atomic E-state index is 13.8. The molecule has 2 fully saturated rings. The van der Waals surface area contributed by atoms with Crippen molar-refractivity contribution in [2.75, 3.05) is 13.1 Å². The van der Waals surface area contributed by atoms with Gasteiger partial charge < -0.3 is 10.6 Å². The summed E-state index contributed by atoms with van der Waals surface area (Å²) >= 11 is 0. The van der Waals surface area contributed by atoms with Gasteiger partial charge in [0.2, 0.25) is 5.91 Å². The molecule has 1 amide bonds. The Morgan fingerprint density at radius 1 is 1.36 bits per heavy atom. The smallest absolute Gasteiger partial charge is 0.224 e. The van der Waals surface area contributed by atoms with Gasteiger partial charge in [0.15, 0.2) is 5.82 Å². The van der Waals surface area contributed by atoms with Gasteiger partial charge in [0, 0.05) is 11.3 Å². The van der Waals surface area contributed by atoms with Gasteiger partial charge in [-0.05, 0) is 44.8 Å². The Kier molecular flexibility index (Phi) is 2.81. The summed E-state index contributed by atoms with van der Waals surface area (Å²) in [6.45, 7) is 5.70. The fourth-order valence-corrected chi connectivity index (χ4v) is 3.74. The molecule has 4 rings (SSSR count). The summed E-state index contributed by atoms with van der Waals surface area (Å²) in [6.07, 6.45) is 0. The minimum absolute atomic E-state index is 0.0839. The van der Waals surface area contributed by atoms with Crippen LogP contribution in [0.3, 0.4) is 0 Å². The number of carbonyl (C=O) groups excluding carboxylic acids is 1. The average Bonchev–Trinajstić information content (AvgIpc) is 2.85. The highest BCUT2D eigenvalue weighted by atomic mass is 19.1. The van der Waals surface area contributed by atoms with Gasteiger partial charge in [-0.2, -0.15) is 5.10 Å². The van der Waals surface area contributed by atoms with E-state index in [1.165, 1.54) is 6.07 Å². The van der Waals surface area contributed by atoms with E-state index in [4.69, 9.17) is 0 Å². The summed E-state index contributed by atoms with van der Waals surface area (Å²) in [5.74, 6) is 0.801. The van der Waals surface area contributed by atoms with Crippen LogP contribution in [0.25, 0.3) is 10.9 Å². The lowest BCUT2D eigenvalue weighted by Gasteiger charge is -2.26. The molecule has 2 aromatic rings. The number of fused-ring (bicyclic) bond motifs is 2. The Morgan fingerprint density at radius 3 is 2.82 bits per heavy atom. The van der Waals surface area contributed by atoms with E-state index in [0.717, 1.165) is 18.8 Å². The largest absolute Gasteiger partial charge is 0.345 e. The molecule has 0 bridgehead atoms. The minimum Gasteiger partial charge on any atom is -0.345 e. The molecule has 2 aliphatic rings. The van der Waals surface area contributed by atoms with E-state index < -0.39 is 5.54 Å². The van der Waals surface area contributed by atoms with Crippen LogP contribution in [0.2, 0.25) is 0 Å². The molecule has 0 spiro atoms. The number of amides is 1. The molecule has 1 unspecified atom stereocenters. The standard InChI is InChI=1S/C16H19FN4O/c1-16(2,19-15(22)12-9-6-18-7-10(9)12)14-8-4-3-5-11(17)13(8)20-21-14/h3-5,9-10,12,18H,6-7H2,1-2H3,(H,19,22)(H,20,21)/t9-,10+,12?. The van der Waals surface area contributed by atoms with Crippen molar-refractivity contribution in [1.29, 1.82) is 0 Å². The summed E-state index contributed by atoms with van der Waals surface area (Å²) in [4.78, 5) is 12.5. The second-order valence-electron chi connectivity index (χ2n) is 6.86. The van der Waals surface area contributed by atoms with Crippen molar-refractivity contribution in [2.45, 2.75) is 19.4 Å². The number of nitrogens with zero attached hydrogens (tertiary/aromatic N) is 1. The van der Waals surface area contributed by atoms with Crippen molar-refractivity contribution >= 4 is 16.8 Å². The van der Waals surface area contributed by atoms with Crippen LogP contribution in [0, 0.1) is 23.6 Å².